The van der Waals surface area contributed by atoms with E-state index >= 15 is 0 Å². The molecule has 0 fully saturated rings. The standard InChI is InChI=1S/C24H27N3O4S/c1-16(2)15-19-5-11-22(12-6-19)32(29,30)27-26-17(3)20-7-9-21(10-8-20)25-24(28)23-13-14-31-18(23)4/h5-14,16,27H,15H2,1-4H3,(H,25,28)/b26-17+. The van der Waals surface area contributed by atoms with Crippen molar-refractivity contribution in [1.82, 2.24) is 4.83 Å². The average molecular weight is 454 g/mol. The van der Waals surface area contributed by atoms with Gasteiger partial charge in [0.05, 0.1) is 22.4 Å². The fourth-order valence-electron chi connectivity index (χ4n) is 3.14. The predicted molar refractivity (Wildman–Crippen MR) is 125 cm³/mol. The van der Waals surface area contributed by atoms with Crippen LogP contribution in [0.2, 0.25) is 0 Å². The highest BCUT2D eigenvalue weighted by Gasteiger charge is 2.14. The summed E-state index contributed by atoms with van der Waals surface area (Å²) in [6.07, 6.45) is 2.36. The minimum absolute atomic E-state index is 0.161. The molecule has 0 aliphatic rings. The van der Waals surface area contributed by atoms with Crippen LogP contribution in [0.15, 0.2) is 75.3 Å². The molecule has 3 rings (SSSR count). The Balaban J connectivity index is 1.65. The topological polar surface area (TPSA) is 101 Å². The number of carbonyl (C=O) groups is 1. The minimum Gasteiger partial charge on any atom is -0.469 e. The summed E-state index contributed by atoms with van der Waals surface area (Å²) in [6, 6.07) is 15.4. The maximum atomic E-state index is 12.5. The van der Waals surface area contributed by atoms with E-state index in [9.17, 15) is 13.2 Å². The van der Waals surface area contributed by atoms with Gasteiger partial charge in [-0.25, -0.2) is 0 Å². The number of carbonyl (C=O) groups excluding carboxylic acids is 1. The number of hydrogen-bond acceptors (Lipinski definition) is 5. The van der Waals surface area contributed by atoms with E-state index in [4.69, 9.17) is 4.42 Å². The second-order valence-electron chi connectivity index (χ2n) is 7.96. The number of rotatable bonds is 8. The van der Waals surface area contributed by atoms with Crippen LogP contribution in [0.4, 0.5) is 5.69 Å². The molecule has 1 amide bonds. The molecule has 0 aliphatic carbocycles. The summed E-state index contributed by atoms with van der Waals surface area (Å²) in [5.41, 5.74) is 3.38. The Hall–Kier alpha value is -3.39. The number of sulfonamides is 1. The first-order valence-electron chi connectivity index (χ1n) is 10.3. The van der Waals surface area contributed by atoms with Crippen molar-refractivity contribution in [3.63, 3.8) is 0 Å². The van der Waals surface area contributed by atoms with Crippen molar-refractivity contribution in [2.75, 3.05) is 5.32 Å². The molecule has 0 saturated carbocycles. The highest BCUT2D eigenvalue weighted by molar-refractivity contribution is 7.89. The second kappa shape index (κ2) is 9.82. The highest BCUT2D eigenvalue weighted by atomic mass is 32.2. The first kappa shape index (κ1) is 23.3. The van der Waals surface area contributed by atoms with Crippen LogP contribution in [-0.4, -0.2) is 20.0 Å². The first-order valence-corrected chi connectivity index (χ1v) is 11.7. The van der Waals surface area contributed by atoms with Crippen molar-refractivity contribution in [1.29, 1.82) is 0 Å². The lowest BCUT2D eigenvalue weighted by Crippen LogP contribution is -2.20. The van der Waals surface area contributed by atoms with Gasteiger partial charge in [0.2, 0.25) is 0 Å². The van der Waals surface area contributed by atoms with E-state index in [2.05, 4.69) is 29.1 Å². The summed E-state index contributed by atoms with van der Waals surface area (Å²) in [6.45, 7) is 7.66. The van der Waals surface area contributed by atoms with Crippen LogP contribution in [0.5, 0.6) is 0 Å². The third kappa shape index (κ3) is 5.85. The molecular formula is C24H27N3O4S. The number of anilines is 1. The Morgan fingerprint density at radius 3 is 2.25 bits per heavy atom. The molecule has 0 spiro atoms. The molecule has 168 valence electrons. The van der Waals surface area contributed by atoms with Crippen molar-refractivity contribution >= 4 is 27.3 Å². The van der Waals surface area contributed by atoms with Crippen molar-refractivity contribution in [3.05, 3.63) is 83.3 Å². The summed E-state index contributed by atoms with van der Waals surface area (Å²) in [5, 5.41) is 6.83. The smallest absolute Gasteiger partial charge is 0.276 e. The minimum atomic E-state index is -3.77. The van der Waals surface area contributed by atoms with Crippen molar-refractivity contribution in [3.8, 4) is 0 Å². The van der Waals surface area contributed by atoms with E-state index in [1.54, 1.807) is 56.3 Å². The molecule has 1 aromatic heterocycles. The van der Waals surface area contributed by atoms with Gasteiger partial charge in [0.15, 0.2) is 0 Å². The van der Waals surface area contributed by atoms with Gasteiger partial charge < -0.3 is 9.73 Å². The number of hydrogen-bond donors (Lipinski definition) is 2. The Kier molecular flexibility index (Phi) is 7.15. The van der Waals surface area contributed by atoms with Crippen LogP contribution in [0.1, 0.15) is 48.0 Å². The van der Waals surface area contributed by atoms with Gasteiger partial charge in [-0.05, 0) is 67.6 Å². The Labute approximate surface area is 188 Å². The molecule has 7 nitrogen and oxygen atoms in total. The average Bonchev–Trinajstić information content (AvgIpc) is 3.18. The van der Waals surface area contributed by atoms with Gasteiger partial charge in [-0.15, -0.1) is 0 Å². The van der Waals surface area contributed by atoms with Gasteiger partial charge >= 0.3 is 0 Å². The molecule has 1 heterocycles. The van der Waals surface area contributed by atoms with Crippen molar-refractivity contribution in [2.45, 2.75) is 39.0 Å². The highest BCUT2D eigenvalue weighted by Crippen LogP contribution is 2.16. The Morgan fingerprint density at radius 2 is 1.69 bits per heavy atom. The van der Waals surface area contributed by atoms with Crippen LogP contribution in [-0.2, 0) is 16.4 Å². The SMILES string of the molecule is C/C(=N\NS(=O)(=O)c1ccc(CC(C)C)cc1)c1ccc(NC(=O)c2ccoc2C)cc1. The number of nitrogens with one attached hydrogen (secondary N) is 2. The van der Waals surface area contributed by atoms with E-state index in [0.717, 1.165) is 17.5 Å². The largest absolute Gasteiger partial charge is 0.469 e. The first-order chi connectivity index (χ1) is 15.2. The number of amides is 1. The number of nitrogens with zero attached hydrogens (tertiary/aromatic N) is 1. The van der Waals surface area contributed by atoms with E-state index in [0.29, 0.717) is 28.6 Å². The quantitative estimate of drug-likeness (QED) is 0.380. The summed E-state index contributed by atoms with van der Waals surface area (Å²) >= 11 is 0. The number of aryl methyl sites for hydroxylation is 1. The Morgan fingerprint density at radius 1 is 1.03 bits per heavy atom. The van der Waals surface area contributed by atoms with Crippen LogP contribution >= 0.6 is 0 Å². The van der Waals surface area contributed by atoms with Gasteiger partial charge in [-0.2, -0.15) is 18.4 Å². The van der Waals surface area contributed by atoms with Gasteiger partial charge in [-0.1, -0.05) is 38.1 Å². The molecule has 0 bridgehead atoms. The fourth-order valence-corrected chi connectivity index (χ4v) is 3.99. The van der Waals surface area contributed by atoms with Crippen LogP contribution in [0.25, 0.3) is 0 Å². The molecule has 2 N–H and O–H groups in total. The fraction of sp³-hybridized carbons (Fsp3) is 0.250. The van der Waals surface area contributed by atoms with E-state index in [1.807, 2.05) is 12.1 Å². The van der Waals surface area contributed by atoms with Crippen molar-refractivity contribution < 1.29 is 17.6 Å². The monoisotopic (exact) mass is 453 g/mol. The lowest BCUT2D eigenvalue weighted by molar-refractivity contribution is 0.102. The van der Waals surface area contributed by atoms with Crippen molar-refractivity contribution in [2.24, 2.45) is 11.0 Å². The third-order valence-electron chi connectivity index (χ3n) is 4.88. The third-order valence-corrected chi connectivity index (χ3v) is 6.10. The molecule has 2 aromatic carbocycles. The summed E-state index contributed by atoms with van der Waals surface area (Å²) in [5.74, 6) is 0.780. The molecule has 0 aliphatic heterocycles. The van der Waals surface area contributed by atoms with Crippen LogP contribution < -0.4 is 10.1 Å². The lowest BCUT2D eigenvalue weighted by Gasteiger charge is -2.09. The van der Waals surface area contributed by atoms with Gasteiger partial charge in [-0.3, -0.25) is 4.79 Å². The van der Waals surface area contributed by atoms with Gasteiger partial charge in [0.25, 0.3) is 15.9 Å². The zero-order valence-corrected chi connectivity index (χ0v) is 19.4. The Bertz CT molecular complexity index is 1210. The molecule has 0 saturated heterocycles. The number of hydrazone groups is 1. The normalized spacial score (nSPS) is 12.1. The van der Waals surface area contributed by atoms with Gasteiger partial charge in [0, 0.05) is 5.69 Å². The molecule has 0 radical (unpaired) electrons. The molecular weight excluding hydrogens is 426 g/mol. The summed E-state index contributed by atoms with van der Waals surface area (Å²) < 4.78 is 30.2. The van der Waals surface area contributed by atoms with Gasteiger partial charge in [0.1, 0.15) is 5.76 Å². The predicted octanol–water partition coefficient (Wildman–Crippen LogP) is 4.74. The van der Waals surface area contributed by atoms with E-state index in [1.165, 1.54) is 6.26 Å². The maximum absolute atomic E-state index is 12.5. The molecule has 3 aromatic rings. The van der Waals surface area contributed by atoms with Crippen LogP contribution in [0.3, 0.4) is 0 Å². The second-order valence-corrected chi connectivity index (χ2v) is 9.62. The van der Waals surface area contributed by atoms with Crippen LogP contribution in [0, 0.1) is 12.8 Å². The summed E-state index contributed by atoms with van der Waals surface area (Å²) in [4.78, 5) is 14.7. The molecule has 8 heteroatoms. The molecule has 0 atom stereocenters. The maximum Gasteiger partial charge on any atom is 0.276 e. The van der Waals surface area contributed by atoms with E-state index in [-0.39, 0.29) is 10.8 Å². The number of benzene rings is 2. The number of furan rings is 1. The lowest BCUT2D eigenvalue weighted by atomic mass is 10.0. The zero-order chi connectivity index (χ0) is 23.3. The summed E-state index contributed by atoms with van der Waals surface area (Å²) in [7, 11) is -3.77. The van der Waals surface area contributed by atoms with E-state index < -0.39 is 10.0 Å². The zero-order valence-electron chi connectivity index (χ0n) is 18.5. The molecule has 0 unspecified atom stereocenters. The molecule has 32 heavy (non-hydrogen) atoms.